The predicted octanol–water partition coefficient (Wildman–Crippen LogP) is 1.01. The Labute approximate surface area is 126 Å². The molecule has 0 radical (unpaired) electrons. The summed E-state index contributed by atoms with van der Waals surface area (Å²) in [5.74, 6) is -0.0366. The highest BCUT2D eigenvalue weighted by Gasteiger charge is 2.32. The smallest absolute Gasteiger partial charge is 0.246 e. The lowest BCUT2D eigenvalue weighted by atomic mass is 10.0. The summed E-state index contributed by atoms with van der Waals surface area (Å²) in [5, 5.41) is 6.04. The van der Waals surface area contributed by atoms with Crippen LogP contribution in [0.4, 0.5) is 5.69 Å². The summed E-state index contributed by atoms with van der Waals surface area (Å²) in [6, 6.07) is 10.2. The molecule has 0 aromatic heterocycles. The van der Waals surface area contributed by atoms with Gasteiger partial charge in [0.25, 0.3) is 0 Å². The molecule has 1 aromatic carbocycles. The highest BCUT2D eigenvalue weighted by atomic mass is 16.5. The van der Waals surface area contributed by atoms with Crippen LogP contribution in [0.5, 0.6) is 0 Å². The number of amides is 1. The van der Waals surface area contributed by atoms with Crippen LogP contribution in [-0.4, -0.2) is 51.3 Å². The van der Waals surface area contributed by atoms with Crippen LogP contribution in [0.3, 0.4) is 0 Å². The van der Waals surface area contributed by atoms with E-state index in [2.05, 4.69) is 34.7 Å². The lowest BCUT2D eigenvalue weighted by Crippen LogP contribution is -2.59. The lowest BCUT2D eigenvalue weighted by molar-refractivity contribution is -0.135. The number of nitrogens with one attached hydrogen (secondary N) is 2. The fourth-order valence-electron chi connectivity index (χ4n) is 2.23. The van der Waals surface area contributed by atoms with Crippen LogP contribution < -0.4 is 15.5 Å². The Kier molecular flexibility index (Phi) is 5.59. The Hall–Kier alpha value is -1.59. The first-order valence-corrected chi connectivity index (χ1v) is 7.47. The van der Waals surface area contributed by atoms with Crippen LogP contribution in [0.25, 0.3) is 0 Å². The molecular weight excluding hydrogens is 266 g/mol. The maximum atomic E-state index is 11.7. The van der Waals surface area contributed by atoms with Gasteiger partial charge in [-0.1, -0.05) is 18.2 Å². The van der Waals surface area contributed by atoms with Gasteiger partial charge in [-0.3, -0.25) is 4.79 Å². The van der Waals surface area contributed by atoms with Gasteiger partial charge < -0.3 is 20.3 Å². The number of nitrogens with zero attached hydrogens (tertiary/aromatic N) is 1. The molecule has 116 valence electrons. The number of rotatable bonds is 8. The molecule has 2 rings (SSSR count). The highest BCUT2D eigenvalue weighted by Crippen LogP contribution is 2.14. The minimum Gasteiger partial charge on any atom is -0.375 e. The van der Waals surface area contributed by atoms with Gasteiger partial charge in [-0.05, 0) is 25.5 Å². The predicted molar refractivity (Wildman–Crippen MR) is 84.6 cm³/mol. The Morgan fingerprint density at radius 3 is 2.71 bits per heavy atom. The van der Waals surface area contributed by atoms with E-state index in [4.69, 9.17) is 4.74 Å². The Morgan fingerprint density at radius 1 is 1.38 bits per heavy atom. The minimum absolute atomic E-state index is 0.0366. The second kappa shape index (κ2) is 7.43. The average Bonchev–Trinajstić information content (AvgIpc) is 2.48. The summed E-state index contributed by atoms with van der Waals surface area (Å²) in [4.78, 5) is 13.9. The maximum Gasteiger partial charge on any atom is 0.246 e. The summed E-state index contributed by atoms with van der Waals surface area (Å²) >= 11 is 0. The third kappa shape index (κ3) is 5.02. The normalized spacial score (nSPS) is 16.1. The van der Waals surface area contributed by atoms with Gasteiger partial charge in [-0.15, -0.1) is 0 Å². The van der Waals surface area contributed by atoms with Crippen molar-refractivity contribution >= 4 is 11.6 Å². The summed E-state index contributed by atoms with van der Waals surface area (Å²) in [5.41, 5.74) is 1.03. The number of hydrogen-bond donors (Lipinski definition) is 2. The van der Waals surface area contributed by atoms with E-state index < -0.39 is 0 Å². The van der Waals surface area contributed by atoms with Crippen molar-refractivity contribution in [1.82, 2.24) is 10.6 Å². The Balaban J connectivity index is 1.56. The molecule has 21 heavy (non-hydrogen) atoms. The second-order valence-corrected chi connectivity index (χ2v) is 5.80. The van der Waals surface area contributed by atoms with Gasteiger partial charge in [0.15, 0.2) is 0 Å². The van der Waals surface area contributed by atoms with Gasteiger partial charge in [0, 0.05) is 38.9 Å². The van der Waals surface area contributed by atoms with Crippen molar-refractivity contribution < 1.29 is 9.53 Å². The summed E-state index contributed by atoms with van der Waals surface area (Å²) in [6.45, 7) is 5.39. The molecule has 1 amide bonds. The van der Waals surface area contributed by atoms with E-state index in [0.29, 0.717) is 6.54 Å². The van der Waals surface area contributed by atoms with E-state index >= 15 is 0 Å². The van der Waals surface area contributed by atoms with Crippen LogP contribution in [-0.2, 0) is 9.53 Å². The zero-order valence-corrected chi connectivity index (χ0v) is 12.9. The average molecular weight is 291 g/mol. The molecule has 5 nitrogen and oxygen atoms in total. The molecule has 1 aliphatic rings. The van der Waals surface area contributed by atoms with E-state index in [0.717, 1.165) is 26.1 Å². The second-order valence-electron chi connectivity index (χ2n) is 5.80. The molecule has 2 N–H and O–H groups in total. The largest absolute Gasteiger partial charge is 0.375 e. The zero-order chi connectivity index (χ0) is 15.1. The molecule has 5 heteroatoms. The van der Waals surface area contributed by atoms with Gasteiger partial charge in [0.05, 0.1) is 5.60 Å². The van der Waals surface area contributed by atoms with Crippen molar-refractivity contribution in [3.8, 4) is 0 Å². The molecular formula is C16H25N3O2. The van der Waals surface area contributed by atoms with Gasteiger partial charge in [-0.25, -0.2) is 0 Å². The van der Waals surface area contributed by atoms with E-state index in [1.54, 1.807) is 0 Å². The first kappa shape index (κ1) is 15.8. The fourth-order valence-corrected chi connectivity index (χ4v) is 2.23. The number of para-hydroxylation sites is 1. The molecule has 1 saturated heterocycles. The van der Waals surface area contributed by atoms with Crippen LogP contribution in [0.2, 0.25) is 0 Å². The maximum absolute atomic E-state index is 11.7. The molecule has 0 spiro atoms. The Bertz CT molecular complexity index is 446. The summed E-state index contributed by atoms with van der Waals surface area (Å²) in [7, 11) is 2.06. The fraction of sp³-hybridized carbons (Fsp3) is 0.562. The topological polar surface area (TPSA) is 53.6 Å². The van der Waals surface area contributed by atoms with Crippen LogP contribution >= 0.6 is 0 Å². The molecule has 0 atom stereocenters. The number of ether oxygens (including phenoxy) is 1. The summed E-state index contributed by atoms with van der Waals surface area (Å²) < 4.78 is 5.59. The van der Waals surface area contributed by atoms with E-state index in [1.807, 2.05) is 25.1 Å². The standard InChI is InChI=1S/C16H25N3O2/c1-16(12-17-13-16)21-11-15(20)18-9-6-10-19(2)14-7-4-3-5-8-14/h3-5,7-8,17H,6,9-13H2,1-2H3,(H,18,20). The molecule has 1 fully saturated rings. The van der Waals surface area contributed by atoms with Crippen molar-refractivity contribution in [2.45, 2.75) is 18.9 Å². The number of carbonyl (C=O) groups excluding carboxylic acids is 1. The molecule has 0 saturated carbocycles. The van der Waals surface area contributed by atoms with Crippen molar-refractivity contribution in [3.05, 3.63) is 30.3 Å². The number of carbonyl (C=O) groups is 1. The van der Waals surface area contributed by atoms with Crippen molar-refractivity contribution in [2.75, 3.05) is 44.7 Å². The van der Waals surface area contributed by atoms with Gasteiger partial charge in [0.1, 0.15) is 6.61 Å². The number of anilines is 1. The minimum atomic E-state index is -0.162. The monoisotopic (exact) mass is 291 g/mol. The first-order chi connectivity index (χ1) is 10.1. The highest BCUT2D eigenvalue weighted by molar-refractivity contribution is 5.77. The van der Waals surface area contributed by atoms with Gasteiger partial charge in [0.2, 0.25) is 5.91 Å². The van der Waals surface area contributed by atoms with E-state index in [9.17, 15) is 4.79 Å². The first-order valence-electron chi connectivity index (χ1n) is 7.47. The third-order valence-corrected chi connectivity index (χ3v) is 3.74. The molecule has 1 aliphatic heterocycles. The SMILES string of the molecule is CN(CCCNC(=O)COC1(C)CNC1)c1ccccc1. The molecule has 0 aliphatic carbocycles. The van der Waals surface area contributed by atoms with Crippen LogP contribution in [0.15, 0.2) is 30.3 Å². The molecule has 1 aromatic rings. The Morgan fingerprint density at radius 2 is 2.10 bits per heavy atom. The quantitative estimate of drug-likeness (QED) is 0.702. The van der Waals surface area contributed by atoms with Crippen molar-refractivity contribution in [1.29, 1.82) is 0 Å². The van der Waals surface area contributed by atoms with Crippen LogP contribution in [0.1, 0.15) is 13.3 Å². The lowest BCUT2D eigenvalue weighted by Gasteiger charge is -2.38. The van der Waals surface area contributed by atoms with Gasteiger partial charge in [-0.2, -0.15) is 0 Å². The van der Waals surface area contributed by atoms with Gasteiger partial charge >= 0.3 is 0 Å². The number of benzene rings is 1. The number of hydrogen-bond acceptors (Lipinski definition) is 4. The summed E-state index contributed by atoms with van der Waals surface area (Å²) in [6.07, 6.45) is 0.913. The van der Waals surface area contributed by atoms with Crippen molar-refractivity contribution in [3.63, 3.8) is 0 Å². The van der Waals surface area contributed by atoms with E-state index in [1.165, 1.54) is 5.69 Å². The van der Waals surface area contributed by atoms with Crippen molar-refractivity contribution in [2.24, 2.45) is 0 Å². The molecule has 1 heterocycles. The molecule has 0 unspecified atom stereocenters. The molecule has 0 bridgehead atoms. The zero-order valence-electron chi connectivity index (χ0n) is 12.9. The van der Waals surface area contributed by atoms with E-state index in [-0.39, 0.29) is 18.1 Å². The third-order valence-electron chi connectivity index (χ3n) is 3.74. The van der Waals surface area contributed by atoms with Crippen LogP contribution in [0, 0.1) is 0 Å².